The second kappa shape index (κ2) is 8.88. The predicted octanol–water partition coefficient (Wildman–Crippen LogP) is 3.60. The van der Waals surface area contributed by atoms with Crippen LogP contribution in [0.1, 0.15) is 38.4 Å². The highest BCUT2D eigenvalue weighted by Gasteiger charge is 2.32. The monoisotopic (exact) mass is 353 g/mol. The van der Waals surface area contributed by atoms with Crippen molar-refractivity contribution in [1.82, 2.24) is 4.90 Å². The summed E-state index contributed by atoms with van der Waals surface area (Å²) in [7, 11) is 0. The molecule has 2 heterocycles. The van der Waals surface area contributed by atoms with Crippen LogP contribution < -0.4 is 0 Å². The summed E-state index contributed by atoms with van der Waals surface area (Å²) in [5.74, 6) is 0.0983. The number of rotatable bonds is 8. The van der Waals surface area contributed by atoms with E-state index in [-0.39, 0.29) is 24.8 Å². The highest BCUT2D eigenvalue weighted by atomic mass is 32.2. The fraction of sp³-hybridized carbons (Fsp3) is 0.438. The molecule has 23 heavy (non-hydrogen) atoms. The van der Waals surface area contributed by atoms with Crippen molar-refractivity contribution >= 4 is 46.3 Å². The molecule has 1 fully saturated rings. The molecule has 5 nitrogen and oxygen atoms in total. The van der Waals surface area contributed by atoms with Gasteiger partial charge in [0.2, 0.25) is 0 Å². The minimum Gasteiger partial charge on any atom is -0.466 e. The molecule has 2 rings (SSSR count). The fourth-order valence-electron chi connectivity index (χ4n) is 2.01. The van der Waals surface area contributed by atoms with Crippen molar-refractivity contribution in [2.75, 3.05) is 13.2 Å². The maximum Gasteiger partial charge on any atom is 0.307 e. The van der Waals surface area contributed by atoms with Gasteiger partial charge in [-0.05, 0) is 18.6 Å². The number of unbranched alkanes of at least 4 members (excludes halogenated alkanes) is 2. The van der Waals surface area contributed by atoms with Gasteiger partial charge >= 0.3 is 5.97 Å². The van der Waals surface area contributed by atoms with Crippen LogP contribution in [0.5, 0.6) is 0 Å². The first-order chi connectivity index (χ1) is 11.1. The van der Waals surface area contributed by atoms with E-state index in [0.717, 1.165) is 19.3 Å². The van der Waals surface area contributed by atoms with E-state index in [1.165, 1.54) is 16.7 Å². The summed E-state index contributed by atoms with van der Waals surface area (Å²) in [6.07, 6.45) is 6.33. The largest absolute Gasteiger partial charge is 0.466 e. The van der Waals surface area contributed by atoms with Gasteiger partial charge in [-0.2, -0.15) is 0 Å². The molecular weight excluding hydrogens is 334 g/mol. The summed E-state index contributed by atoms with van der Waals surface area (Å²) >= 11 is 6.42. The van der Waals surface area contributed by atoms with Crippen molar-refractivity contribution in [1.29, 1.82) is 0 Å². The van der Waals surface area contributed by atoms with Crippen LogP contribution in [-0.4, -0.2) is 34.2 Å². The Hall–Kier alpha value is -1.60. The first kappa shape index (κ1) is 17.7. The summed E-state index contributed by atoms with van der Waals surface area (Å²) in [5.41, 5.74) is 0. The quantitative estimate of drug-likeness (QED) is 0.308. The Kier molecular flexibility index (Phi) is 6.85. The second-order valence-corrected chi connectivity index (χ2v) is 6.70. The predicted molar refractivity (Wildman–Crippen MR) is 93.7 cm³/mol. The molecule has 0 aromatic carbocycles. The molecule has 1 aromatic heterocycles. The van der Waals surface area contributed by atoms with Crippen molar-refractivity contribution in [2.24, 2.45) is 0 Å². The molecule has 124 valence electrons. The van der Waals surface area contributed by atoms with E-state index in [1.807, 2.05) is 0 Å². The molecule has 0 aliphatic carbocycles. The second-order valence-electron chi connectivity index (χ2n) is 5.03. The Labute approximate surface area is 145 Å². The van der Waals surface area contributed by atoms with Gasteiger partial charge in [0.05, 0.1) is 24.2 Å². The van der Waals surface area contributed by atoms with Gasteiger partial charge in [0, 0.05) is 12.6 Å². The minimum atomic E-state index is -0.301. The molecule has 1 amide bonds. The maximum absolute atomic E-state index is 12.3. The van der Waals surface area contributed by atoms with E-state index in [1.54, 1.807) is 24.5 Å². The number of furan rings is 1. The van der Waals surface area contributed by atoms with Crippen molar-refractivity contribution in [3.63, 3.8) is 0 Å². The lowest BCUT2D eigenvalue weighted by Crippen LogP contribution is -2.30. The number of hydrogen-bond acceptors (Lipinski definition) is 6. The van der Waals surface area contributed by atoms with Crippen LogP contribution >= 0.6 is 24.0 Å². The third-order valence-corrected chi connectivity index (χ3v) is 4.62. The molecule has 1 saturated heterocycles. The summed E-state index contributed by atoms with van der Waals surface area (Å²) in [6, 6.07) is 3.52. The number of hydrogen-bond donors (Lipinski definition) is 0. The molecule has 0 atom stereocenters. The fourth-order valence-corrected chi connectivity index (χ4v) is 3.30. The van der Waals surface area contributed by atoms with Gasteiger partial charge in [0.15, 0.2) is 0 Å². The highest BCUT2D eigenvalue weighted by Crippen LogP contribution is 2.32. The number of carbonyl (C=O) groups excluding carboxylic acids is 2. The molecule has 1 aromatic rings. The Morgan fingerprint density at radius 3 is 3.00 bits per heavy atom. The van der Waals surface area contributed by atoms with Gasteiger partial charge in [-0.1, -0.05) is 43.7 Å². The molecule has 1 aliphatic heterocycles. The van der Waals surface area contributed by atoms with Crippen molar-refractivity contribution in [3.8, 4) is 0 Å². The first-order valence-electron chi connectivity index (χ1n) is 7.56. The molecule has 0 spiro atoms. The molecule has 0 N–H and O–H groups in total. The smallest absolute Gasteiger partial charge is 0.307 e. The average Bonchev–Trinajstić information content (AvgIpc) is 3.12. The molecule has 0 bridgehead atoms. The zero-order valence-electron chi connectivity index (χ0n) is 12.9. The summed E-state index contributed by atoms with van der Waals surface area (Å²) in [6.45, 7) is 2.77. The lowest BCUT2D eigenvalue weighted by Gasteiger charge is -2.13. The van der Waals surface area contributed by atoms with E-state index in [0.29, 0.717) is 21.6 Å². The van der Waals surface area contributed by atoms with Crippen molar-refractivity contribution in [3.05, 3.63) is 29.1 Å². The van der Waals surface area contributed by atoms with Crippen LogP contribution in [0, 0.1) is 0 Å². The third-order valence-electron chi connectivity index (χ3n) is 3.24. The van der Waals surface area contributed by atoms with Crippen molar-refractivity contribution in [2.45, 2.75) is 32.6 Å². The van der Waals surface area contributed by atoms with Gasteiger partial charge < -0.3 is 9.15 Å². The minimum absolute atomic E-state index is 0.145. The number of amides is 1. The lowest BCUT2D eigenvalue weighted by molar-refractivity contribution is -0.144. The van der Waals surface area contributed by atoms with Crippen LogP contribution in [0.4, 0.5) is 0 Å². The van der Waals surface area contributed by atoms with E-state index in [2.05, 4.69) is 6.92 Å². The number of thioether (sulfide) groups is 1. The van der Waals surface area contributed by atoms with Crippen LogP contribution in [0.15, 0.2) is 27.7 Å². The van der Waals surface area contributed by atoms with E-state index in [4.69, 9.17) is 21.4 Å². The molecule has 7 heteroatoms. The van der Waals surface area contributed by atoms with Crippen LogP contribution in [-0.2, 0) is 14.3 Å². The molecule has 0 unspecified atom stereocenters. The van der Waals surface area contributed by atoms with E-state index < -0.39 is 0 Å². The first-order valence-corrected chi connectivity index (χ1v) is 8.78. The maximum atomic E-state index is 12.3. The lowest BCUT2D eigenvalue weighted by atomic mass is 10.3. The number of nitrogens with zero attached hydrogens (tertiary/aromatic N) is 1. The Bertz CT molecular complexity index is 595. The zero-order chi connectivity index (χ0) is 16.7. The Morgan fingerprint density at radius 2 is 2.30 bits per heavy atom. The van der Waals surface area contributed by atoms with Gasteiger partial charge in [0.1, 0.15) is 10.1 Å². The molecule has 0 saturated carbocycles. The number of carbonyl (C=O) groups is 2. The zero-order valence-corrected chi connectivity index (χ0v) is 14.6. The van der Waals surface area contributed by atoms with E-state index in [9.17, 15) is 9.59 Å². The number of esters is 1. The molecule has 1 aliphatic rings. The van der Waals surface area contributed by atoms with E-state index >= 15 is 0 Å². The highest BCUT2D eigenvalue weighted by molar-refractivity contribution is 8.26. The summed E-state index contributed by atoms with van der Waals surface area (Å²) < 4.78 is 10.8. The standard InChI is InChI=1S/C16H19NO4S2/c1-2-3-4-9-21-14(18)7-8-17-15(19)13(23-16(17)22)11-12-6-5-10-20-12/h5-6,10-11H,2-4,7-9H2,1H3/b13-11+. The summed E-state index contributed by atoms with van der Waals surface area (Å²) in [4.78, 5) is 25.9. The summed E-state index contributed by atoms with van der Waals surface area (Å²) in [5, 5.41) is 0. The van der Waals surface area contributed by atoms with Gasteiger partial charge in [-0.25, -0.2) is 0 Å². The number of ether oxygens (including phenoxy) is 1. The third kappa shape index (κ3) is 5.21. The number of thiocarbonyl (C=S) groups is 1. The molecular formula is C16H19NO4S2. The normalized spacial score (nSPS) is 16.4. The van der Waals surface area contributed by atoms with Crippen molar-refractivity contribution < 1.29 is 18.7 Å². The Balaban J connectivity index is 1.82. The van der Waals surface area contributed by atoms with Crippen LogP contribution in [0.3, 0.4) is 0 Å². The Morgan fingerprint density at radius 1 is 1.48 bits per heavy atom. The van der Waals surface area contributed by atoms with Gasteiger partial charge in [-0.15, -0.1) is 0 Å². The topological polar surface area (TPSA) is 59.8 Å². The average molecular weight is 353 g/mol. The van der Waals surface area contributed by atoms with Crippen LogP contribution in [0.25, 0.3) is 6.08 Å². The molecule has 0 radical (unpaired) electrons. The SMILES string of the molecule is CCCCCOC(=O)CCN1C(=O)/C(=C\c2ccco2)SC1=S. The van der Waals surface area contributed by atoms with Gasteiger partial charge in [0.25, 0.3) is 5.91 Å². The van der Waals surface area contributed by atoms with Gasteiger partial charge in [-0.3, -0.25) is 14.5 Å². The van der Waals surface area contributed by atoms with Crippen LogP contribution in [0.2, 0.25) is 0 Å².